The number of nitrogens with one attached hydrogen (secondary N) is 1. The molecule has 1 aromatic heterocycles. The third kappa shape index (κ3) is 6.80. The van der Waals surface area contributed by atoms with Gasteiger partial charge in [0.15, 0.2) is 0 Å². The van der Waals surface area contributed by atoms with E-state index in [1.807, 2.05) is 6.20 Å². The molecule has 0 bridgehead atoms. The number of aromatic nitrogens is 1. The minimum atomic E-state index is 0.760. The van der Waals surface area contributed by atoms with E-state index < -0.39 is 0 Å². The van der Waals surface area contributed by atoms with Gasteiger partial charge in [-0.05, 0) is 13.0 Å². The molecule has 0 radical (unpaired) electrons. The van der Waals surface area contributed by atoms with Gasteiger partial charge in [0.25, 0.3) is 0 Å². The van der Waals surface area contributed by atoms with Crippen molar-refractivity contribution in [3.63, 3.8) is 0 Å². The minimum absolute atomic E-state index is 0.760. The number of rotatable bonds is 11. The molecule has 3 nitrogen and oxygen atoms in total. The van der Waals surface area contributed by atoms with Gasteiger partial charge < -0.3 is 9.73 Å². The third-order valence-electron chi connectivity index (χ3n) is 3.18. The van der Waals surface area contributed by atoms with E-state index in [9.17, 15) is 0 Å². The second kappa shape index (κ2) is 10.1. The molecule has 1 rings (SSSR count). The van der Waals surface area contributed by atoms with Crippen LogP contribution in [0.5, 0.6) is 0 Å². The summed E-state index contributed by atoms with van der Waals surface area (Å²) >= 11 is 0. The first-order chi connectivity index (χ1) is 8.86. The molecule has 0 spiro atoms. The molecule has 3 heteroatoms. The highest BCUT2D eigenvalue weighted by molar-refractivity contribution is 4.93. The molecule has 0 atom stereocenters. The molecule has 1 N–H and O–H groups in total. The summed E-state index contributed by atoms with van der Waals surface area (Å²) in [7, 11) is 0. The van der Waals surface area contributed by atoms with Crippen LogP contribution >= 0.6 is 0 Å². The molecule has 1 heterocycles. The molecule has 0 saturated carbocycles. The van der Waals surface area contributed by atoms with Gasteiger partial charge in [-0.1, -0.05) is 52.4 Å². The standard InChI is InChI=1S/C15H28N2O/c1-3-5-6-7-8-9-10-11-16-13-15-17-12-14(4-2)18-15/h12,16H,3-11,13H2,1-2H3. The molecule has 0 saturated heterocycles. The van der Waals surface area contributed by atoms with Gasteiger partial charge in [-0.15, -0.1) is 0 Å². The zero-order valence-electron chi connectivity index (χ0n) is 12.0. The Balaban J connectivity index is 1.89. The molecule has 104 valence electrons. The van der Waals surface area contributed by atoms with Crippen molar-refractivity contribution >= 4 is 0 Å². The lowest BCUT2D eigenvalue weighted by Crippen LogP contribution is -2.14. The maximum atomic E-state index is 5.53. The van der Waals surface area contributed by atoms with E-state index in [2.05, 4.69) is 24.1 Å². The molecule has 0 aliphatic heterocycles. The Bertz CT molecular complexity index is 296. The van der Waals surface area contributed by atoms with E-state index >= 15 is 0 Å². The van der Waals surface area contributed by atoms with E-state index in [-0.39, 0.29) is 0 Å². The van der Waals surface area contributed by atoms with Crippen LogP contribution in [0.2, 0.25) is 0 Å². The Labute approximate surface area is 111 Å². The number of oxazole rings is 1. The molecule has 0 aliphatic rings. The summed E-state index contributed by atoms with van der Waals surface area (Å²) in [5.41, 5.74) is 0. The second-order valence-corrected chi connectivity index (χ2v) is 4.87. The summed E-state index contributed by atoms with van der Waals surface area (Å²) in [5, 5.41) is 3.38. The Morgan fingerprint density at radius 3 is 2.44 bits per heavy atom. The zero-order valence-corrected chi connectivity index (χ0v) is 12.0. The molecule has 0 amide bonds. The molecule has 0 aromatic carbocycles. The van der Waals surface area contributed by atoms with Crippen LogP contribution in [0.3, 0.4) is 0 Å². The first-order valence-electron chi connectivity index (χ1n) is 7.51. The van der Waals surface area contributed by atoms with E-state index in [0.717, 1.165) is 31.2 Å². The van der Waals surface area contributed by atoms with E-state index in [4.69, 9.17) is 4.42 Å². The van der Waals surface area contributed by atoms with Crippen molar-refractivity contribution in [1.29, 1.82) is 0 Å². The molecule has 18 heavy (non-hydrogen) atoms. The SMILES string of the molecule is CCCCCCCCCNCc1ncc(CC)o1. The summed E-state index contributed by atoms with van der Waals surface area (Å²) in [6.07, 6.45) is 12.2. The maximum absolute atomic E-state index is 5.53. The van der Waals surface area contributed by atoms with Crippen molar-refractivity contribution in [1.82, 2.24) is 10.3 Å². The quantitative estimate of drug-likeness (QED) is 0.603. The van der Waals surface area contributed by atoms with Crippen molar-refractivity contribution in [2.75, 3.05) is 6.54 Å². The largest absolute Gasteiger partial charge is 0.444 e. The van der Waals surface area contributed by atoms with Crippen LogP contribution < -0.4 is 5.32 Å². The monoisotopic (exact) mass is 252 g/mol. The normalized spacial score (nSPS) is 11.0. The van der Waals surface area contributed by atoms with Crippen molar-refractivity contribution in [3.05, 3.63) is 17.8 Å². The number of aryl methyl sites for hydroxylation is 1. The average molecular weight is 252 g/mol. The van der Waals surface area contributed by atoms with E-state index in [0.29, 0.717) is 0 Å². The molecule has 1 aromatic rings. The Hall–Kier alpha value is -0.830. The van der Waals surface area contributed by atoms with Crippen LogP contribution in [0.15, 0.2) is 10.6 Å². The first kappa shape index (κ1) is 15.2. The fourth-order valence-electron chi connectivity index (χ4n) is 2.00. The van der Waals surface area contributed by atoms with Crippen molar-refractivity contribution in [3.8, 4) is 0 Å². The topological polar surface area (TPSA) is 38.1 Å². The summed E-state index contributed by atoms with van der Waals surface area (Å²) in [6, 6.07) is 0. The van der Waals surface area contributed by atoms with Crippen LogP contribution in [0.1, 0.15) is 70.4 Å². The number of hydrogen-bond acceptors (Lipinski definition) is 3. The van der Waals surface area contributed by atoms with E-state index in [1.54, 1.807) is 0 Å². The van der Waals surface area contributed by atoms with Crippen LogP contribution in [-0.2, 0) is 13.0 Å². The predicted molar refractivity (Wildman–Crippen MR) is 75.6 cm³/mol. The summed E-state index contributed by atoms with van der Waals surface area (Å²) in [4.78, 5) is 4.23. The molecule has 0 unspecified atom stereocenters. The average Bonchev–Trinajstić information content (AvgIpc) is 2.85. The maximum Gasteiger partial charge on any atom is 0.208 e. The minimum Gasteiger partial charge on any atom is -0.444 e. The summed E-state index contributed by atoms with van der Waals surface area (Å²) < 4.78 is 5.53. The molecular formula is C15H28N2O. The van der Waals surface area contributed by atoms with Gasteiger partial charge in [0.1, 0.15) is 5.76 Å². The third-order valence-corrected chi connectivity index (χ3v) is 3.18. The highest BCUT2D eigenvalue weighted by Crippen LogP contribution is 2.07. The van der Waals surface area contributed by atoms with Crippen LogP contribution in [0.25, 0.3) is 0 Å². The Kier molecular flexibility index (Phi) is 8.57. The van der Waals surface area contributed by atoms with Crippen molar-refractivity contribution in [2.45, 2.75) is 71.8 Å². The van der Waals surface area contributed by atoms with Gasteiger partial charge in [0.05, 0.1) is 12.7 Å². The van der Waals surface area contributed by atoms with Crippen LogP contribution in [-0.4, -0.2) is 11.5 Å². The molecule has 0 aliphatic carbocycles. The highest BCUT2D eigenvalue weighted by atomic mass is 16.4. The first-order valence-corrected chi connectivity index (χ1v) is 7.51. The summed E-state index contributed by atoms with van der Waals surface area (Å²) in [6.45, 7) is 6.17. The fourth-order valence-corrected chi connectivity index (χ4v) is 2.00. The summed E-state index contributed by atoms with van der Waals surface area (Å²) in [5.74, 6) is 1.79. The van der Waals surface area contributed by atoms with Gasteiger partial charge in [-0.3, -0.25) is 0 Å². The number of hydrogen-bond donors (Lipinski definition) is 1. The van der Waals surface area contributed by atoms with Crippen molar-refractivity contribution in [2.24, 2.45) is 0 Å². The van der Waals surface area contributed by atoms with Gasteiger partial charge in [-0.25, -0.2) is 4.98 Å². The zero-order chi connectivity index (χ0) is 13.1. The fraction of sp³-hybridized carbons (Fsp3) is 0.800. The second-order valence-electron chi connectivity index (χ2n) is 4.87. The van der Waals surface area contributed by atoms with Crippen molar-refractivity contribution < 1.29 is 4.42 Å². The smallest absolute Gasteiger partial charge is 0.208 e. The Morgan fingerprint density at radius 2 is 1.78 bits per heavy atom. The molecular weight excluding hydrogens is 224 g/mol. The molecule has 0 fully saturated rings. The highest BCUT2D eigenvalue weighted by Gasteiger charge is 2.00. The lowest BCUT2D eigenvalue weighted by Gasteiger charge is -2.02. The van der Waals surface area contributed by atoms with Crippen LogP contribution in [0, 0.1) is 0 Å². The lowest BCUT2D eigenvalue weighted by atomic mass is 10.1. The number of unbranched alkanes of at least 4 members (excludes halogenated alkanes) is 6. The van der Waals surface area contributed by atoms with Crippen LogP contribution in [0.4, 0.5) is 0 Å². The van der Waals surface area contributed by atoms with Gasteiger partial charge in [0.2, 0.25) is 5.89 Å². The van der Waals surface area contributed by atoms with Gasteiger partial charge in [0, 0.05) is 6.42 Å². The predicted octanol–water partition coefficient (Wildman–Crippen LogP) is 4.08. The van der Waals surface area contributed by atoms with Gasteiger partial charge >= 0.3 is 0 Å². The lowest BCUT2D eigenvalue weighted by molar-refractivity contribution is 0.436. The Morgan fingerprint density at radius 1 is 1.06 bits per heavy atom. The number of nitrogens with zero attached hydrogens (tertiary/aromatic N) is 1. The van der Waals surface area contributed by atoms with E-state index in [1.165, 1.54) is 44.9 Å². The van der Waals surface area contributed by atoms with Gasteiger partial charge in [-0.2, -0.15) is 0 Å².